The molecule has 2 aliphatic carbocycles. The summed E-state index contributed by atoms with van der Waals surface area (Å²) in [6, 6.07) is 0. The fraction of sp³-hybridized carbons (Fsp3) is 0.500. The molecule has 0 aliphatic heterocycles. The number of halogens is 2. The van der Waals surface area contributed by atoms with Gasteiger partial charge < -0.3 is 24.8 Å². The van der Waals surface area contributed by atoms with Crippen molar-refractivity contribution in [1.29, 1.82) is 0 Å². The molecule has 0 aromatic carbocycles. The van der Waals surface area contributed by atoms with Crippen LogP contribution in [-0.4, -0.2) is 0 Å². The van der Waals surface area contributed by atoms with Gasteiger partial charge in [-0.3, -0.25) is 0 Å². The van der Waals surface area contributed by atoms with Crippen molar-refractivity contribution in [3.8, 4) is 0 Å². The van der Waals surface area contributed by atoms with Crippen molar-refractivity contribution in [3.05, 3.63) is 46.6 Å². The number of hydrogen-bond acceptors (Lipinski definition) is 0. The predicted octanol–water partition coefficient (Wildman–Crippen LogP) is -0.753. The zero-order valence-electron chi connectivity index (χ0n) is 12.5. The van der Waals surface area contributed by atoms with E-state index in [1.165, 1.54) is 11.1 Å². The first-order valence-corrected chi connectivity index (χ1v) is 7.67. The van der Waals surface area contributed by atoms with Crippen LogP contribution in [0.3, 0.4) is 0 Å². The van der Waals surface area contributed by atoms with Crippen LogP contribution in [0.25, 0.3) is 0 Å². The summed E-state index contributed by atoms with van der Waals surface area (Å²) in [6.07, 6.45) is 9.47. The molecule has 0 aromatic heterocycles. The summed E-state index contributed by atoms with van der Waals surface area (Å²) in [5, 5.41) is 0. The van der Waals surface area contributed by atoms with Gasteiger partial charge in [0.05, 0.1) is 0 Å². The van der Waals surface area contributed by atoms with Crippen LogP contribution < -0.4 is 24.8 Å². The van der Waals surface area contributed by atoms with Crippen molar-refractivity contribution < 1.29 is 41.1 Å². The maximum atomic E-state index is 2.43. The van der Waals surface area contributed by atoms with Crippen LogP contribution in [0.4, 0.5) is 0 Å². The standard InChI is InChI=1S/2C8H11.2ClH.V/c2*1-6-4-5-7(2)8(6)3;;;/h2*4-5H,1-3H3;2*1H;/q;;;;+2/p-2. The van der Waals surface area contributed by atoms with Crippen molar-refractivity contribution in [2.75, 3.05) is 0 Å². The fourth-order valence-corrected chi connectivity index (χ4v) is 5.64. The molecule has 0 spiro atoms. The molecule has 0 N–H and O–H groups in total. The minimum absolute atomic E-state index is 0. The van der Waals surface area contributed by atoms with Gasteiger partial charge in [-0.2, -0.15) is 0 Å². The molecule has 0 bridgehead atoms. The number of hydrogen-bond donors (Lipinski definition) is 0. The van der Waals surface area contributed by atoms with E-state index < -0.39 is 0 Å². The third-order valence-corrected chi connectivity index (χ3v) is 7.45. The van der Waals surface area contributed by atoms with Crippen LogP contribution in [0, 0.1) is 0 Å². The second-order valence-corrected chi connectivity index (χ2v) is 8.94. The summed E-state index contributed by atoms with van der Waals surface area (Å²) in [7, 11) is 0. The summed E-state index contributed by atoms with van der Waals surface area (Å²) >= 11 is 0.197. The van der Waals surface area contributed by atoms with Crippen molar-refractivity contribution in [2.45, 2.75) is 49.8 Å². The van der Waals surface area contributed by atoms with E-state index >= 15 is 0 Å². The largest absolute Gasteiger partial charge is 1.00 e. The van der Waals surface area contributed by atoms with E-state index in [4.69, 9.17) is 0 Å². The first-order chi connectivity index (χ1) is 7.78. The van der Waals surface area contributed by atoms with Crippen molar-refractivity contribution >= 4 is 0 Å². The minimum Gasteiger partial charge on any atom is -1.00 e. The molecule has 0 saturated carbocycles. The quantitative estimate of drug-likeness (QED) is 0.622. The Hall–Kier alpha value is 0.124. The van der Waals surface area contributed by atoms with Gasteiger partial charge >= 0.3 is 113 Å². The van der Waals surface area contributed by atoms with Gasteiger partial charge in [0, 0.05) is 0 Å². The topological polar surface area (TPSA) is 0 Å². The number of allylic oxidation sites excluding steroid dienone is 8. The molecule has 2 rings (SSSR count). The summed E-state index contributed by atoms with van der Waals surface area (Å²) in [5.41, 5.74) is 6.08. The van der Waals surface area contributed by atoms with Gasteiger partial charge in [-0.25, -0.2) is 0 Å². The summed E-state index contributed by atoms with van der Waals surface area (Å²) in [4.78, 5) is 0. The Bertz CT molecular complexity index is 441. The Morgan fingerprint density at radius 2 is 1.05 bits per heavy atom. The summed E-state index contributed by atoms with van der Waals surface area (Å²) < 4.78 is 0.650. The Balaban J connectivity index is 0.00000162. The van der Waals surface area contributed by atoms with Gasteiger partial charge in [-0.1, -0.05) is 0 Å². The first kappa shape index (κ1) is 19.1. The van der Waals surface area contributed by atoms with E-state index in [0.717, 1.165) is 0 Å². The molecule has 0 amide bonds. The molecule has 0 radical (unpaired) electrons. The van der Waals surface area contributed by atoms with Crippen molar-refractivity contribution in [3.63, 3.8) is 0 Å². The Morgan fingerprint density at radius 3 is 1.26 bits per heavy atom. The molecule has 19 heavy (non-hydrogen) atoms. The molecule has 0 saturated heterocycles. The van der Waals surface area contributed by atoms with Crippen LogP contribution in [0.2, 0.25) is 8.25 Å². The zero-order chi connectivity index (χ0) is 12.8. The molecule has 3 heteroatoms. The van der Waals surface area contributed by atoms with Crippen LogP contribution in [0.5, 0.6) is 0 Å². The maximum Gasteiger partial charge on any atom is -1.00 e. The Morgan fingerprint density at radius 1 is 0.737 bits per heavy atom. The average molecular weight is 336 g/mol. The summed E-state index contributed by atoms with van der Waals surface area (Å²) in [5.74, 6) is 0. The molecule has 0 fully saturated rings. The van der Waals surface area contributed by atoms with Crippen LogP contribution in [0.15, 0.2) is 46.6 Å². The van der Waals surface area contributed by atoms with E-state index in [-0.39, 0.29) is 41.1 Å². The molecule has 105 valence electrons. The van der Waals surface area contributed by atoms with E-state index in [0.29, 0.717) is 8.25 Å². The fourth-order valence-electron chi connectivity index (χ4n) is 2.60. The van der Waals surface area contributed by atoms with Gasteiger partial charge in [-0.05, 0) is 0 Å². The SMILES string of the molecule is CC1=C(C)[C](C)([V+2][C]2(C)C=CC(C)=C2C)C=C1.[Cl-].[Cl-]. The van der Waals surface area contributed by atoms with Crippen molar-refractivity contribution in [2.24, 2.45) is 0 Å². The van der Waals surface area contributed by atoms with E-state index in [1.54, 1.807) is 11.1 Å². The zero-order valence-corrected chi connectivity index (χ0v) is 15.4. The Kier molecular flexibility index (Phi) is 6.31. The molecular formula is C16H22Cl2V. The van der Waals surface area contributed by atoms with Crippen LogP contribution in [-0.2, 0) is 16.3 Å². The van der Waals surface area contributed by atoms with Gasteiger partial charge in [0.25, 0.3) is 0 Å². The smallest absolute Gasteiger partial charge is 1.00 e. The van der Waals surface area contributed by atoms with Gasteiger partial charge in [-0.15, -0.1) is 0 Å². The van der Waals surface area contributed by atoms with E-state index in [1.807, 2.05) is 0 Å². The van der Waals surface area contributed by atoms with Crippen LogP contribution >= 0.6 is 0 Å². The molecule has 0 nitrogen and oxygen atoms in total. The van der Waals surface area contributed by atoms with Gasteiger partial charge in [0.1, 0.15) is 0 Å². The third kappa shape index (κ3) is 3.24. The molecule has 2 atom stereocenters. The monoisotopic (exact) mass is 335 g/mol. The van der Waals surface area contributed by atoms with E-state index in [2.05, 4.69) is 65.8 Å². The minimum atomic E-state index is 0. The Labute approximate surface area is 137 Å². The van der Waals surface area contributed by atoms with Gasteiger partial charge in [0.15, 0.2) is 0 Å². The second kappa shape index (κ2) is 6.27. The molecule has 2 unspecified atom stereocenters. The third-order valence-electron chi connectivity index (χ3n) is 4.48. The maximum absolute atomic E-state index is 2.43. The van der Waals surface area contributed by atoms with Crippen molar-refractivity contribution in [1.82, 2.24) is 0 Å². The predicted molar refractivity (Wildman–Crippen MR) is 71.8 cm³/mol. The average Bonchev–Trinajstić information content (AvgIpc) is 2.66. The first-order valence-electron chi connectivity index (χ1n) is 6.27. The molecular weight excluding hydrogens is 314 g/mol. The van der Waals surface area contributed by atoms with E-state index in [9.17, 15) is 0 Å². The van der Waals surface area contributed by atoms with Crippen LogP contribution in [0.1, 0.15) is 41.5 Å². The normalized spacial score (nSPS) is 32.3. The molecule has 2 aliphatic rings. The second-order valence-electron chi connectivity index (χ2n) is 5.69. The molecule has 0 aromatic rings. The summed E-state index contributed by atoms with van der Waals surface area (Å²) in [6.45, 7) is 13.9. The molecule has 0 heterocycles. The van der Waals surface area contributed by atoms with Gasteiger partial charge in [0.2, 0.25) is 0 Å². The number of rotatable bonds is 2.